The molecule has 4 aromatic rings. The van der Waals surface area contributed by atoms with Crippen LogP contribution in [-0.4, -0.2) is 14.8 Å². The Morgan fingerprint density at radius 2 is 1.81 bits per heavy atom. The van der Waals surface area contributed by atoms with Gasteiger partial charge in [-0.2, -0.15) is 5.26 Å². The van der Waals surface area contributed by atoms with Gasteiger partial charge in [0.25, 0.3) is 0 Å². The first-order valence-corrected chi connectivity index (χ1v) is 9.45. The summed E-state index contributed by atoms with van der Waals surface area (Å²) in [6, 6.07) is 23.7. The van der Waals surface area contributed by atoms with Crippen molar-refractivity contribution in [1.29, 1.82) is 5.26 Å². The van der Waals surface area contributed by atoms with E-state index in [0.29, 0.717) is 29.4 Å². The number of hydrogen-bond donors (Lipinski definition) is 0. The van der Waals surface area contributed by atoms with E-state index in [-0.39, 0.29) is 0 Å². The number of nitriles is 1. The van der Waals surface area contributed by atoms with Crippen LogP contribution in [0, 0.1) is 11.3 Å². The average Bonchev–Trinajstić information content (AvgIpc) is 3.37. The van der Waals surface area contributed by atoms with Crippen LogP contribution in [0.5, 0.6) is 0 Å². The molecule has 0 spiro atoms. The van der Waals surface area contributed by atoms with Gasteiger partial charge in [-0.15, -0.1) is 10.2 Å². The zero-order valence-corrected chi connectivity index (χ0v) is 15.3. The minimum Gasteiger partial charge on any atom is -0.461 e. The first-order valence-electron chi connectivity index (χ1n) is 8.46. The van der Waals surface area contributed by atoms with Crippen LogP contribution < -0.4 is 0 Å². The lowest BCUT2D eigenvalue weighted by molar-refractivity contribution is 0.569. The maximum Gasteiger partial charge on any atom is 0.200 e. The van der Waals surface area contributed by atoms with E-state index in [1.807, 2.05) is 48.5 Å². The molecule has 0 aliphatic carbocycles. The molecular formula is C21H16N4OS. The zero-order chi connectivity index (χ0) is 18.5. The summed E-state index contributed by atoms with van der Waals surface area (Å²) in [5.74, 6) is 2.11. The highest BCUT2D eigenvalue weighted by molar-refractivity contribution is 7.98. The van der Waals surface area contributed by atoms with Gasteiger partial charge in [0.1, 0.15) is 0 Å². The van der Waals surface area contributed by atoms with Crippen LogP contribution in [0.25, 0.3) is 11.6 Å². The molecule has 0 saturated carbocycles. The molecular weight excluding hydrogens is 356 g/mol. The molecule has 2 aromatic carbocycles. The van der Waals surface area contributed by atoms with Gasteiger partial charge in [-0.1, -0.05) is 54.2 Å². The average molecular weight is 372 g/mol. The molecule has 0 atom stereocenters. The summed E-state index contributed by atoms with van der Waals surface area (Å²) in [5.41, 5.74) is 2.90. The fourth-order valence-corrected chi connectivity index (χ4v) is 3.65. The van der Waals surface area contributed by atoms with Crippen molar-refractivity contribution in [3.05, 3.63) is 89.7 Å². The maximum atomic E-state index is 9.07. The minimum atomic E-state index is 0.657. The van der Waals surface area contributed by atoms with Crippen molar-refractivity contribution in [2.75, 3.05) is 0 Å². The van der Waals surface area contributed by atoms with E-state index in [4.69, 9.17) is 9.68 Å². The summed E-state index contributed by atoms with van der Waals surface area (Å²) in [4.78, 5) is 0. The SMILES string of the molecule is N#Cc1cccc(CSc2nnc(-c3ccco3)n2Cc2ccccc2)c1. The van der Waals surface area contributed by atoms with E-state index in [1.54, 1.807) is 24.1 Å². The van der Waals surface area contributed by atoms with Crippen molar-refractivity contribution >= 4 is 11.8 Å². The van der Waals surface area contributed by atoms with E-state index in [9.17, 15) is 0 Å². The molecule has 5 nitrogen and oxygen atoms in total. The number of benzene rings is 2. The van der Waals surface area contributed by atoms with Crippen LogP contribution >= 0.6 is 11.8 Å². The van der Waals surface area contributed by atoms with Gasteiger partial charge in [0, 0.05) is 5.75 Å². The molecule has 2 heterocycles. The molecule has 4 rings (SSSR count). The Balaban J connectivity index is 1.62. The predicted octanol–water partition coefficient (Wildman–Crippen LogP) is 4.75. The van der Waals surface area contributed by atoms with Crippen LogP contribution in [0.3, 0.4) is 0 Å². The molecule has 0 aliphatic rings. The molecule has 6 heteroatoms. The van der Waals surface area contributed by atoms with Gasteiger partial charge < -0.3 is 4.42 Å². The van der Waals surface area contributed by atoms with Crippen molar-refractivity contribution in [2.24, 2.45) is 0 Å². The predicted molar refractivity (Wildman–Crippen MR) is 104 cm³/mol. The van der Waals surface area contributed by atoms with E-state index < -0.39 is 0 Å². The molecule has 2 aromatic heterocycles. The third-order valence-electron chi connectivity index (χ3n) is 4.07. The first-order chi connectivity index (χ1) is 13.3. The maximum absolute atomic E-state index is 9.07. The molecule has 0 unspecified atom stereocenters. The summed E-state index contributed by atoms with van der Waals surface area (Å²) in [7, 11) is 0. The second-order valence-electron chi connectivity index (χ2n) is 5.96. The lowest BCUT2D eigenvalue weighted by atomic mass is 10.2. The van der Waals surface area contributed by atoms with Gasteiger partial charge in [0.15, 0.2) is 10.9 Å². The number of hydrogen-bond acceptors (Lipinski definition) is 5. The Labute approximate surface area is 161 Å². The van der Waals surface area contributed by atoms with Crippen LogP contribution in [0.15, 0.2) is 82.6 Å². The van der Waals surface area contributed by atoms with Gasteiger partial charge in [-0.05, 0) is 35.4 Å². The largest absolute Gasteiger partial charge is 0.461 e. The standard InChI is InChI=1S/C21H16N4OS/c22-13-17-8-4-9-18(12-17)15-27-21-24-23-20(19-10-5-11-26-19)25(21)14-16-6-2-1-3-7-16/h1-12H,14-15H2. The fourth-order valence-electron chi connectivity index (χ4n) is 2.77. The second kappa shape index (κ2) is 7.94. The van der Waals surface area contributed by atoms with Crippen LogP contribution in [0.4, 0.5) is 0 Å². The molecule has 132 valence electrons. The number of thioether (sulfide) groups is 1. The normalized spacial score (nSPS) is 10.6. The Bertz CT molecular complexity index is 1070. The third kappa shape index (κ3) is 3.94. The lowest BCUT2D eigenvalue weighted by Gasteiger charge is -2.09. The Morgan fingerprint density at radius 1 is 0.963 bits per heavy atom. The van der Waals surface area contributed by atoms with Crippen molar-refractivity contribution in [1.82, 2.24) is 14.8 Å². The number of aromatic nitrogens is 3. The quantitative estimate of drug-likeness (QED) is 0.457. The third-order valence-corrected chi connectivity index (χ3v) is 5.10. The highest BCUT2D eigenvalue weighted by Crippen LogP contribution is 2.27. The van der Waals surface area contributed by atoms with Gasteiger partial charge in [-0.25, -0.2) is 0 Å². The van der Waals surface area contributed by atoms with Crippen LogP contribution in [-0.2, 0) is 12.3 Å². The smallest absolute Gasteiger partial charge is 0.200 e. The van der Waals surface area contributed by atoms with Gasteiger partial charge in [0.2, 0.25) is 5.82 Å². The second-order valence-corrected chi connectivity index (χ2v) is 6.90. The topological polar surface area (TPSA) is 67.6 Å². The summed E-state index contributed by atoms with van der Waals surface area (Å²) in [5, 5.41) is 18.6. The van der Waals surface area contributed by atoms with Crippen molar-refractivity contribution in [2.45, 2.75) is 17.5 Å². The molecule has 0 saturated heterocycles. The Hall–Kier alpha value is -3.30. The van der Waals surface area contributed by atoms with Crippen LogP contribution in [0.1, 0.15) is 16.7 Å². The Kier molecular flexibility index (Phi) is 5.04. The fraction of sp³-hybridized carbons (Fsp3) is 0.0952. The minimum absolute atomic E-state index is 0.657. The molecule has 0 amide bonds. The highest BCUT2D eigenvalue weighted by atomic mass is 32.2. The molecule has 0 aliphatic heterocycles. The molecule has 27 heavy (non-hydrogen) atoms. The zero-order valence-electron chi connectivity index (χ0n) is 14.4. The monoisotopic (exact) mass is 372 g/mol. The van der Waals surface area contributed by atoms with E-state index >= 15 is 0 Å². The van der Waals surface area contributed by atoms with Crippen LogP contribution in [0.2, 0.25) is 0 Å². The number of furan rings is 1. The Morgan fingerprint density at radius 3 is 2.59 bits per heavy atom. The molecule has 0 N–H and O–H groups in total. The molecule has 0 bridgehead atoms. The summed E-state index contributed by atoms with van der Waals surface area (Å²) < 4.78 is 7.60. The van der Waals surface area contributed by atoms with Gasteiger partial charge in [0.05, 0.1) is 24.4 Å². The van der Waals surface area contributed by atoms with Crippen molar-refractivity contribution in [3.63, 3.8) is 0 Å². The lowest BCUT2D eigenvalue weighted by Crippen LogP contribution is -2.03. The van der Waals surface area contributed by atoms with Gasteiger partial charge >= 0.3 is 0 Å². The summed E-state index contributed by atoms with van der Waals surface area (Å²) in [6.45, 7) is 0.657. The first kappa shape index (κ1) is 17.1. The van der Waals surface area contributed by atoms with Crippen molar-refractivity contribution < 1.29 is 4.42 Å². The molecule has 0 fully saturated rings. The number of nitrogens with zero attached hydrogens (tertiary/aromatic N) is 4. The highest BCUT2D eigenvalue weighted by Gasteiger charge is 2.17. The van der Waals surface area contributed by atoms with Crippen molar-refractivity contribution in [3.8, 4) is 17.7 Å². The molecule has 0 radical (unpaired) electrons. The van der Waals surface area contributed by atoms with Gasteiger partial charge in [-0.3, -0.25) is 4.57 Å². The van der Waals surface area contributed by atoms with E-state index in [1.165, 1.54) is 5.56 Å². The van der Waals surface area contributed by atoms with E-state index in [2.05, 4.69) is 33.0 Å². The van der Waals surface area contributed by atoms with E-state index in [0.717, 1.165) is 10.7 Å². The summed E-state index contributed by atoms with van der Waals surface area (Å²) in [6.07, 6.45) is 1.64. The summed E-state index contributed by atoms with van der Waals surface area (Å²) >= 11 is 1.59. The number of rotatable bonds is 6.